The largest absolute Gasteiger partial charge is 0.481 e. The van der Waals surface area contributed by atoms with Crippen LogP contribution in [0.2, 0.25) is 0 Å². The molecule has 0 aliphatic heterocycles. The van der Waals surface area contributed by atoms with Crippen molar-refractivity contribution in [1.82, 2.24) is 4.72 Å². The van der Waals surface area contributed by atoms with Crippen molar-refractivity contribution in [2.75, 3.05) is 0 Å². The lowest BCUT2D eigenvalue weighted by molar-refractivity contribution is -0.137. The highest BCUT2D eigenvalue weighted by molar-refractivity contribution is 7.90. The predicted octanol–water partition coefficient (Wildman–Crippen LogP) is 1.35. The van der Waals surface area contributed by atoms with Crippen molar-refractivity contribution < 1.29 is 18.3 Å². The minimum Gasteiger partial charge on any atom is -0.481 e. The zero-order valence-electron chi connectivity index (χ0n) is 10.3. The Bertz CT molecular complexity index is 358. The van der Waals surface area contributed by atoms with Gasteiger partial charge < -0.3 is 5.11 Å². The number of rotatable bonds is 6. The van der Waals surface area contributed by atoms with E-state index in [0.29, 0.717) is 12.8 Å². The van der Waals surface area contributed by atoms with Crippen molar-refractivity contribution in [3.63, 3.8) is 0 Å². The maximum Gasteiger partial charge on any atom is 0.304 e. The number of carboxylic acid groups (broad SMARTS) is 1. The molecule has 5 nitrogen and oxygen atoms in total. The lowest BCUT2D eigenvalue weighted by Gasteiger charge is -2.22. The third-order valence-electron chi connectivity index (χ3n) is 3.26. The molecule has 0 heterocycles. The Balaban J connectivity index is 2.68. The summed E-state index contributed by atoms with van der Waals surface area (Å²) in [5.74, 6) is -1.000. The van der Waals surface area contributed by atoms with E-state index in [9.17, 15) is 13.2 Å². The highest BCUT2D eigenvalue weighted by Gasteiger charge is 2.32. The van der Waals surface area contributed by atoms with Gasteiger partial charge in [-0.25, -0.2) is 13.1 Å². The van der Waals surface area contributed by atoms with Gasteiger partial charge in [0.05, 0.1) is 11.7 Å². The van der Waals surface area contributed by atoms with Crippen LogP contribution in [-0.4, -0.2) is 30.8 Å². The highest BCUT2D eigenvalue weighted by atomic mass is 32.2. The fourth-order valence-corrected chi connectivity index (χ4v) is 4.03. The van der Waals surface area contributed by atoms with Crippen LogP contribution >= 0.6 is 0 Å². The molecular formula is C11H21NO4S. The second-order valence-electron chi connectivity index (χ2n) is 5.02. The van der Waals surface area contributed by atoms with Crippen LogP contribution in [0.1, 0.15) is 46.0 Å². The lowest BCUT2D eigenvalue weighted by atomic mass is 10.0. The average Bonchev–Trinajstić information content (AvgIpc) is 2.68. The van der Waals surface area contributed by atoms with E-state index in [1.54, 1.807) is 0 Å². The van der Waals surface area contributed by atoms with Crippen LogP contribution in [-0.2, 0) is 14.8 Å². The fraction of sp³-hybridized carbons (Fsp3) is 0.909. The van der Waals surface area contributed by atoms with E-state index in [4.69, 9.17) is 5.11 Å². The topological polar surface area (TPSA) is 83.5 Å². The van der Waals surface area contributed by atoms with Crippen LogP contribution in [0.3, 0.4) is 0 Å². The molecule has 6 heteroatoms. The molecule has 0 saturated heterocycles. The first-order chi connectivity index (χ1) is 7.83. The van der Waals surface area contributed by atoms with Gasteiger partial charge in [0.25, 0.3) is 0 Å². The molecule has 0 aromatic rings. The second-order valence-corrected chi connectivity index (χ2v) is 7.01. The molecule has 17 heavy (non-hydrogen) atoms. The molecule has 1 rings (SSSR count). The number of hydrogen-bond donors (Lipinski definition) is 2. The molecule has 1 aliphatic carbocycles. The van der Waals surface area contributed by atoms with Crippen molar-refractivity contribution in [3.8, 4) is 0 Å². The summed E-state index contributed by atoms with van der Waals surface area (Å²) >= 11 is 0. The van der Waals surface area contributed by atoms with E-state index >= 15 is 0 Å². The monoisotopic (exact) mass is 263 g/mol. The molecule has 0 radical (unpaired) electrons. The Hall–Kier alpha value is -0.620. The van der Waals surface area contributed by atoms with Gasteiger partial charge in [0.2, 0.25) is 10.0 Å². The normalized spacial score (nSPS) is 19.7. The second kappa shape index (κ2) is 5.82. The van der Waals surface area contributed by atoms with Gasteiger partial charge in [0.1, 0.15) is 0 Å². The summed E-state index contributed by atoms with van der Waals surface area (Å²) in [4.78, 5) is 10.7. The third kappa shape index (κ3) is 4.27. The molecule has 1 atom stereocenters. The van der Waals surface area contributed by atoms with Crippen molar-refractivity contribution in [2.24, 2.45) is 5.92 Å². The Kier molecular flexibility index (Phi) is 4.94. The highest BCUT2D eigenvalue weighted by Crippen LogP contribution is 2.24. The molecule has 1 saturated carbocycles. The molecule has 0 spiro atoms. The summed E-state index contributed by atoms with van der Waals surface area (Å²) in [6, 6.07) is -0.516. The van der Waals surface area contributed by atoms with Crippen LogP contribution in [0.5, 0.6) is 0 Å². The molecule has 0 amide bonds. The SMILES string of the molecule is CC(C)C(CC(=O)O)NS(=O)(=O)C1CCCC1. The van der Waals surface area contributed by atoms with Gasteiger partial charge in [-0.15, -0.1) is 0 Å². The van der Waals surface area contributed by atoms with Crippen LogP contribution < -0.4 is 4.72 Å². The van der Waals surface area contributed by atoms with Gasteiger partial charge in [0.15, 0.2) is 0 Å². The van der Waals surface area contributed by atoms with Crippen molar-refractivity contribution in [2.45, 2.75) is 57.2 Å². The number of sulfonamides is 1. The van der Waals surface area contributed by atoms with E-state index in [0.717, 1.165) is 12.8 Å². The Morgan fingerprint density at radius 2 is 1.88 bits per heavy atom. The quantitative estimate of drug-likeness (QED) is 0.757. The number of carboxylic acids is 1. The van der Waals surface area contributed by atoms with Gasteiger partial charge in [-0.05, 0) is 18.8 Å². The molecule has 100 valence electrons. The van der Waals surface area contributed by atoms with Gasteiger partial charge in [-0.2, -0.15) is 0 Å². The molecule has 0 bridgehead atoms. The summed E-state index contributed by atoms with van der Waals surface area (Å²) in [7, 11) is -3.36. The van der Waals surface area contributed by atoms with Crippen LogP contribution in [0.25, 0.3) is 0 Å². The molecular weight excluding hydrogens is 242 g/mol. The Morgan fingerprint density at radius 1 is 1.35 bits per heavy atom. The molecule has 1 unspecified atom stereocenters. The maximum atomic E-state index is 12.0. The first-order valence-electron chi connectivity index (χ1n) is 6.06. The van der Waals surface area contributed by atoms with Gasteiger partial charge in [-0.1, -0.05) is 26.7 Å². The minimum absolute atomic E-state index is 0.0257. The van der Waals surface area contributed by atoms with Crippen LogP contribution in [0.4, 0.5) is 0 Å². The number of nitrogens with one attached hydrogen (secondary N) is 1. The molecule has 1 aliphatic rings. The van der Waals surface area contributed by atoms with Crippen molar-refractivity contribution in [3.05, 3.63) is 0 Å². The average molecular weight is 263 g/mol. The summed E-state index contributed by atoms with van der Waals surface area (Å²) in [6.07, 6.45) is 3.10. The van der Waals surface area contributed by atoms with Gasteiger partial charge >= 0.3 is 5.97 Å². The van der Waals surface area contributed by atoms with E-state index in [2.05, 4.69) is 4.72 Å². The third-order valence-corrected chi connectivity index (χ3v) is 5.24. The smallest absolute Gasteiger partial charge is 0.304 e. The van der Waals surface area contributed by atoms with E-state index in [-0.39, 0.29) is 17.6 Å². The molecule has 1 fully saturated rings. The number of aliphatic carboxylic acids is 1. The van der Waals surface area contributed by atoms with Gasteiger partial charge in [0, 0.05) is 6.04 Å². The predicted molar refractivity (Wildman–Crippen MR) is 65.2 cm³/mol. The number of carbonyl (C=O) groups is 1. The molecule has 0 aromatic heterocycles. The minimum atomic E-state index is -3.36. The summed E-state index contributed by atoms with van der Waals surface area (Å²) < 4.78 is 26.6. The first-order valence-corrected chi connectivity index (χ1v) is 7.60. The standard InChI is InChI=1S/C11H21NO4S/c1-8(2)10(7-11(13)14)12-17(15,16)9-5-3-4-6-9/h8-10,12H,3-7H2,1-2H3,(H,13,14). The maximum absolute atomic E-state index is 12.0. The summed E-state index contributed by atoms with van der Waals surface area (Å²) in [5.41, 5.74) is 0. The van der Waals surface area contributed by atoms with E-state index in [1.807, 2.05) is 13.8 Å². The van der Waals surface area contributed by atoms with Crippen molar-refractivity contribution in [1.29, 1.82) is 0 Å². The number of hydrogen-bond acceptors (Lipinski definition) is 3. The Labute approximate surface area is 103 Å². The van der Waals surface area contributed by atoms with Gasteiger partial charge in [-0.3, -0.25) is 4.79 Å². The fourth-order valence-electron chi connectivity index (χ4n) is 2.11. The van der Waals surface area contributed by atoms with E-state index < -0.39 is 22.0 Å². The summed E-state index contributed by atoms with van der Waals surface area (Å²) in [6.45, 7) is 3.65. The zero-order chi connectivity index (χ0) is 13.1. The first kappa shape index (κ1) is 14.4. The van der Waals surface area contributed by atoms with Crippen LogP contribution in [0, 0.1) is 5.92 Å². The van der Waals surface area contributed by atoms with Crippen LogP contribution in [0.15, 0.2) is 0 Å². The van der Waals surface area contributed by atoms with E-state index in [1.165, 1.54) is 0 Å². The summed E-state index contributed by atoms with van der Waals surface area (Å²) in [5, 5.41) is 8.42. The Morgan fingerprint density at radius 3 is 2.29 bits per heavy atom. The zero-order valence-corrected chi connectivity index (χ0v) is 11.2. The molecule has 0 aromatic carbocycles. The van der Waals surface area contributed by atoms with Crippen molar-refractivity contribution >= 4 is 16.0 Å². The molecule has 2 N–H and O–H groups in total. The lowest BCUT2D eigenvalue weighted by Crippen LogP contribution is -2.43.